The van der Waals surface area contributed by atoms with Gasteiger partial charge >= 0.3 is 5.97 Å². The lowest BCUT2D eigenvalue weighted by atomic mass is 9.81. The lowest BCUT2D eigenvalue weighted by Crippen LogP contribution is -2.57. The number of nitrogens with zero attached hydrogens (tertiary/aromatic N) is 1. The summed E-state index contributed by atoms with van der Waals surface area (Å²) in [5.74, 6) is -0.161. The predicted molar refractivity (Wildman–Crippen MR) is 102 cm³/mol. The van der Waals surface area contributed by atoms with Crippen LogP contribution in [0.3, 0.4) is 0 Å². The average Bonchev–Trinajstić information content (AvgIpc) is 2.63. The van der Waals surface area contributed by atoms with Gasteiger partial charge in [-0.2, -0.15) is 0 Å². The first-order chi connectivity index (χ1) is 12.1. The van der Waals surface area contributed by atoms with Crippen molar-refractivity contribution in [3.8, 4) is 0 Å². The van der Waals surface area contributed by atoms with E-state index in [2.05, 4.69) is 47.5 Å². The fourth-order valence-electron chi connectivity index (χ4n) is 3.78. The average molecular weight is 338 g/mol. The van der Waals surface area contributed by atoms with Crippen molar-refractivity contribution in [1.29, 1.82) is 0 Å². The topological polar surface area (TPSA) is 41.6 Å². The first-order valence-corrected chi connectivity index (χ1v) is 8.95. The van der Waals surface area contributed by atoms with Gasteiger partial charge in [-0.3, -0.25) is 0 Å². The second kappa shape index (κ2) is 7.18. The van der Waals surface area contributed by atoms with E-state index in [1.807, 2.05) is 38.1 Å². The molecule has 4 heteroatoms. The van der Waals surface area contributed by atoms with Gasteiger partial charge in [-0.25, -0.2) is 4.79 Å². The summed E-state index contributed by atoms with van der Waals surface area (Å²) in [4.78, 5) is 15.0. The third kappa shape index (κ3) is 3.21. The number of rotatable bonds is 5. The number of anilines is 2. The van der Waals surface area contributed by atoms with Crippen molar-refractivity contribution >= 4 is 17.3 Å². The first kappa shape index (κ1) is 17.3. The standard InChI is InChI=1S/C21H26N2O2/c1-4-23-19-14-10-9-13-17(19)18(22-16-11-7-6-8-12-16)15-21(23,3)20(24)25-5-2/h6-14,18,22H,4-5,15H2,1-3H3. The van der Waals surface area contributed by atoms with Crippen LogP contribution >= 0.6 is 0 Å². The van der Waals surface area contributed by atoms with Crippen molar-refractivity contribution in [2.24, 2.45) is 0 Å². The zero-order chi connectivity index (χ0) is 17.9. The molecule has 2 aromatic carbocycles. The van der Waals surface area contributed by atoms with Crippen LogP contribution in [0.15, 0.2) is 54.6 Å². The number of nitrogens with one attached hydrogen (secondary N) is 1. The minimum Gasteiger partial charge on any atom is -0.464 e. The molecule has 1 aliphatic rings. The summed E-state index contributed by atoms with van der Waals surface area (Å²) in [6.07, 6.45) is 0.658. The molecule has 1 aliphatic heterocycles. The SMILES string of the molecule is CCOC(=O)C1(C)CC(Nc2ccccc2)c2ccccc2N1CC. The van der Waals surface area contributed by atoms with E-state index in [-0.39, 0.29) is 12.0 Å². The van der Waals surface area contributed by atoms with E-state index in [1.54, 1.807) is 0 Å². The van der Waals surface area contributed by atoms with Crippen molar-refractivity contribution in [3.63, 3.8) is 0 Å². The Labute approximate surface area is 149 Å². The lowest BCUT2D eigenvalue weighted by Gasteiger charge is -2.47. The molecule has 1 heterocycles. The highest BCUT2D eigenvalue weighted by Crippen LogP contribution is 2.44. The van der Waals surface area contributed by atoms with Crippen molar-refractivity contribution in [3.05, 3.63) is 60.2 Å². The van der Waals surface area contributed by atoms with Crippen LogP contribution in [0.4, 0.5) is 11.4 Å². The Morgan fingerprint density at radius 3 is 2.52 bits per heavy atom. The van der Waals surface area contributed by atoms with Crippen molar-refractivity contribution in [1.82, 2.24) is 0 Å². The van der Waals surface area contributed by atoms with Gasteiger partial charge in [-0.1, -0.05) is 36.4 Å². The summed E-state index contributed by atoms with van der Waals surface area (Å²) in [7, 11) is 0. The van der Waals surface area contributed by atoms with Crippen LogP contribution in [-0.4, -0.2) is 24.7 Å². The second-order valence-electron chi connectivity index (χ2n) is 6.56. The van der Waals surface area contributed by atoms with E-state index in [0.29, 0.717) is 13.0 Å². The van der Waals surface area contributed by atoms with Gasteiger partial charge in [0.15, 0.2) is 0 Å². The quantitative estimate of drug-likeness (QED) is 0.821. The fourth-order valence-corrected chi connectivity index (χ4v) is 3.78. The summed E-state index contributed by atoms with van der Waals surface area (Å²) in [6.45, 7) is 7.08. The third-order valence-electron chi connectivity index (χ3n) is 4.95. The smallest absolute Gasteiger partial charge is 0.331 e. The Hall–Kier alpha value is -2.49. The molecule has 25 heavy (non-hydrogen) atoms. The van der Waals surface area contributed by atoms with Crippen molar-refractivity contribution in [2.45, 2.75) is 38.8 Å². The van der Waals surface area contributed by atoms with Crippen LogP contribution in [0, 0.1) is 0 Å². The molecule has 0 bridgehead atoms. The van der Waals surface area contributed by atoms with Gasteiger partial charge in [-0.15, -0.1) is 0 Å². The number of esters is 1. The van der Waals surface area contributed by atoms with E-state index in [0.717, 1.165) is 17.9 Å². The number of likely N-dealkylation sites (N-methyl/N-ethyl adjacent to an activating group) is 1. The molecule has 0 aliphatic carbocycles. The molecule has 2 aromatic rings. The molecule has 0 saturated heterocycles. The van der Waals surface area contributed by atoms with Crippen LogP contribution in [0.5, 0.6) is 0 Å². The van der Waals surface area contributed by atoms with Crippen molar-refractivity contribution < 1.29 is 9.53 Å². The van der Waals surface area contributed by atoms with Crippen LogP contribution in [0.25, 0.3) is 0 Å². The molecule has 4 nitrogen and oxygen atoms in total. The lowest BCUT2D eigenvalue weighted by molar-refractivity contribution is -0.149. The third-order valence-corrected chi connectivity index (χ3v) is 4.95. The highest BCUT2D eigenvalue weighted by atomic mass is 16.5. The van der Waals surface area contributed by atoms with E-state index < -0.39 is 5.54 Å². The summed E-state index contributed by atoms with van der Waals surface area (Å²) < 4.78 is 5.42. The van der Waals surface area contributed by atoms with Crippen LogP contribution in [0.2, 0.25) is 0 Å². The Bertz CT molecular complexity index is 732. The monoisotopic (exact) mass is 338 g/mol. The number of ether oxygens (including phenoxy) is 1. The predicted octanol–water partition coefficient (Wildman–Crippen LogP) is 4.39. The second-order valence-corrected chi connectivity index (χ2v) is 6.56. The molecule has 1 N–H and O–H groups in total. The number of hydrogen-bond acceptors (Lipinski definition) is 4. The van der Waals surface area contributed by atoms with E-state index >= 15 is 0 Å². The van der Waals surface area contributed by atoms with Gasteiger partial charge in [-0.05, 0) is 44.5 Å². The zero-order valence-corrected chi connectivity index (χ0v) is 15.2. The summed E-state index contributed by atoms with van der Waals surface area (Å²) in [6, 6.07) is 18.5. The normalized spacial score (nSPS) is 22.2. The Morgan fingerprint density at radius 1 is 1.16 bits per heavy atom. The Kier molecular flexibility index (Phi) is 4.98. The fraction of sp³-hybridized carbons (Fsp3) is 0.381. The Balaban J connectivity index is 2.02. The van der Waals surface area contributed by atoms with Crippen LogP contribution < -0.4 is 10.2 Å². The van der Waals surface area contributed by atoms with Gasteiger partial charge < -0.3 is 15.0 Å². The molecule has 2 atom stereocenters. The molecule has 0 aromatic heterocycles. The first-order valence-electron chi connectivity index (χ1n) is 8.95. The highest BCUT2D eigenvalue weighted by molar-refractivity contribution is 5.87. The number of carbonyl (C=O) groups excluding carboxylic acids is 1. The van der Waals surface area contributed by atoms with Gasteiger partial charge in [0.25, 0.3) is 0 Å². The molecule has 0 spiro atoms. The van der Waals surface area contributed by atoms with E-state index in [4.69, 9.17) is 4.74 Å². The van der Waals surface area contributed by atoms with Crippen LogP contribution in [0.1, 0.15) is 38.8 Å². The molecule has 3 rings (SSSR count). The summed E-state index contributed by atoms with van der Waals surface area (Å²) in [5, 5.41) is 3.60. The summed E-state index contributed by atoms with van der Waals surface area (Å²) in [5.41, 5.74) is 2.68. The zero-order valence-electron chi connectivity index (χ0n) is 15.2. The number of para-hydroxylation sites is 2. The van der Waals surface area contributed by atoms with Crippen LogP contribution in [-0.2, 0) is 9.53 Å². The maximum absolute atomic E-state index is 12.8. The molecule has 0 amide bonds. The molecule has 132 valence electrons. The van der Waals surface area contributed by atoms with Gasteiger partial charge in [0.2, 0.25) is 0 Å². The van der Waals surface area contributed by atoms with E-state index in [9.17, 15) is 4.79 Å². The molecular weight excluding hydrogens is 312 g/mol. The maximum Gasteiger partial charge on any atom is 0.331 e. The van der Waals surface area contributed by atoms with Gasteiger partial charge in [0.1, 0.15) is 5.54 Å². The van der Waals surface area contributed by atoms with Gasteiger partial charge in [0, 0.05) is 24.3 Å². The summed E-state index contributed by atoms with van der Waals surface area (Å²) >= 11 is 0. The highest BCUT2D eigenvalue weighted by Gasteiger charge is 2.47. The minimum absolute atomic E-state index is 0.0517. The van der Waals surface area contributed by atoms with E-state index in [1.165, 1.54) is 5.56 Å². The maximum atomic E-state index is 12.8. The molecule has 0 radical (unpaired) electrons. The molecular formula is C21H26N2O2. The number of hydrogen-bond donors (Lipinski definition) is 1. The largest absolute Gasteiger partial charge is 0.464 e. The molecule has 0 fully saturated rings. The molecule has 0 saturated carbocycles. The number of carbonyl (C=O) groups is 1. The molecule has 2 unspecified atom stereocenters. The minimum atomic E-state index is -0.689. The van der Waals surface area contributed by atoms with Crippen molar-refractivity contribution in [2.75, 3.05) is 23.4 Å². The Morgan fingerprint density at radius 2 is 1.84 bits per heavy atom. The number of benzene rings is 2. The number of fused-ring (bicyclic) bond motifs is 1. The van der Waals surface area contributed by atoms with Gasteiger partial charge in [0.05, 0.1) is 12.6 Å².